The Hall–Kier alpha value is -3.94. The Morgan fingerprint density at radius 3 is 2.23 bits per heavy atom. The molecule has 3 rings (SSSR count). The van der Waals surface area contributed by atoms with Gasteiger partial charge in [-0.1, -0.05) is 51.2 Å². The van der Waals surface area contributed by atoms with Crippen LogP contribution in [-0.2, 0) is 22.6 Å². The van der Waals surface area contributed by atoms with Crippen LogP contribution in [0.2, 0.25) is 0 Å². The molecular formula is C32H39NO7. The number of aliphatic carboxylic acids is 1. The Labute approximate surface area is 235 Å². The quantitative estimate of drug-likeness (QED) is 0.126. The van der Waals surface area contributed by atoms with Gasteiger partial charge in [-0.15, -0.1) is 0 Å². The first-order valence-corrected chi connectivity index (χ1v) is 14.1. The zero-order chi connectivity index (χ0) is 28.9. The van der Waals surface area contributed by atoms with Crippen LogP contribution >= 0.6 is 0 Å². The second-order valence-electron chi connectivity index (χ2n) is 10.2. The molecule has 0 unspecified atom stereocenters. The van der Waals surface area contributed by atoms with Gasteiger partial charge in [-0.05, 0) is 61.6 Å². The monoisotopic (exact) mass is 549 g/mol. The highest BCUT2D eigenvalue weighted by atomic mass is 16.5. The minimum atomic E-state index is -1.11. The van der Waals surface area contributed by atoms with Gasteiger partial charge in [-0.25, -0.2) is 4.79 Å². The molecule has 0 saturated carbocycles. The Morgan fingerprint density at radius 1 is 0.825 bits per heavy atom. The van der Waals surface area contributed by atoms with Gasteiger partial charge in [0.15, 0.2) is 11.6 Å². The molecule has 8 heteroatoms. The number of nitrogens with zero attached hydrogens (tertiary/aromatic N) is 1. The Balaban J connectivity index is 1.60. The standard InChI is InChI=1S/C32H39NO7/c1-2-3-4-5-6-7-10-23-13-16-26(17-14-23)40-22-25(34)20-33-21-28(30(35)11-8-9-12-31(36)37)27-19-24(32(38)39)15-18-29(27)33/h13-19,21H,2-12,20,22H2,1H3,(H,36,37)(H,38,39). The van der Waals surface area contributed by atoms with E-state index in [1.807, 2.05) is 24.3 Å². The number of fused-ring (bicyclic) bond motifs is 1. The molecule has 3 aromatic rings. The van der Waals surface area contributed by atoms with E-state index in [1.165, 1.54) is 49.8 Å². The molecule has 0 amide bonds. The fraction of sp³-hybridized carbons (Fsp3) is 0.438. The number of ether oxygens (including phenoxy) is 1. The number of carbonyl (C=O) groups is 4. The SMILES string of the molecule is CCCCCCCCc1ccc(OCC(=O)Cn2cc(C(=O)CCCCC(=O)O)c3cc(C(=O)O)ccc32)cc1. The van der Waals surface area contributed by atoms with E-state index in [4.69, 9.17) is 9.84 Å². The van der Waals surface area contributed by atoms with E-state index in [-0.39, 0.29) is 43.1 Å². The molecule has 0 fully saturated rings. The summed E-state index contributed by atoms with van der Waals surface area (Å²) in [4.78, 5) is 48.0. The number of carboxylic acid groups (broad SMARTS) is 2. The predicted molar refractivity (Wildman–Crippen MR) is 153 cm³/mol. The number of carbonyl (C=O) groups excluding carboxylic acids is 2. The molecule has 0 radical (unpaired) electrons. The molecule has 0 aliphatic rings. The highest BCUT2D eigenvalue weighted by molar-refractivity contribution is 6.09. The van der Waals surface area contributed by atoms with E-state index >= 15 is 0 Å². The predicted octanol–water partition coefficient (Wildman–Crippen LogP) is 6.72. The van der Waals surface area contributed by atoms with Gasteiger partial charge in [0.25, 0.3) is 0 Å². The van der Waals surface area contributed by atoms with Crippen LogP contribution < -0.4 is 4.74 Å². The van der Waals surface area contributed by atoms with Gasteiger partial charge in [0.2, 0.25) is 0 Å². The van der Waals surface area contributed by atoms with Gasteiger partial charge in [-0.3, -0.25) is 14.4 Å². The third kappa shape index (κ3) is 9.36. The van der Waals surface area contributed by atoms with E-state index in [9.17, 15) is 24.3 Å². The van der Waals surface area contributed by atoms with Crippen LogP contribution in [-0.4, -0.2) is 44.9 Å². The number of benzene rings is 2. The molecule has 2 N–H and O–H groups in total. The average Bonchev–Trinajstić information content (AvgIpc) is 3.29. The second kappa shape index (κ2) is 15.6. The summed E-state index contributed by atoms with van der Waals surface area (Å²) < 4.78 is 7.35. The smallest absolute Gasteiger partial charge is 0.335 e. The van der Waals surface area contributed by atoms with Crippen molar-refractivity contribution in [1.82, 2.24) is 4.57 Å². The topological polar surface area (TPSA) is 123 Å². The summed E-state index contributed by atoms with van der Waals surface area (Å²) in [7, 11) is 0. The number of hydrogen-bond acceptors (Lipinski definition) is 5. The lowest BCUT2D eigenvalue weighted by Crippen LogP contribution is -2.17. The molecular weight excluding hydrogens is 510 g/mol. The normalized spacial score (nSPS) is 11.0. The highest BCUT2D eigenvalue weighted by Crippen LogP contribution is 2.25. The summed E-state index contributed by atoms with van der Waals surface area (Å²) >= 11 is 0. The van der Waals surface area contributed by atoms with Crippen LogP contribution in [0.4, 0.5) is 0 Å². The summed E-state index contributed by atoms with van der Waals surface area (Å²) in [5.74, 6) is -1.84. The summed E-state index contributed by atoms with van der Waals surface area (Å²) in [6.45, 7) is 2.04. The van der Waals surface area contributed by atoms with Crippen LogP contribution in [0.3, 0.4) is 0 Å². The minimum Gasteiger partial charge on any atom is -0.486 e. The van der Waals surface area contributed by atoms with Gasteiger partial charge in [-0.2, -0.15) is 0 Å². The number of carboxylic acids is 2. The summed E-state index contributed by atoms with van der Waals surface area (Å²) in [6.07, 6.45) is 11.0. The van der Waals surface area contributed by atoms with E-state index < -0.39 is 11.9 Å². The number of aromatic carboxylic acids is 1. The van der Waals surface area contributed by atoms with Crippen LogP contribution in [0.1, 0.15) is 97.4 Å². The first-order chi connectivity index (χ1) is 19.3. The second-order valence-corrected chi connectivity index (χ2v) is 10.2. The third-order valence-corrected chi connectivity index (χ3v) is 6.96. The van der Waals surface area contributed by atoms with Crippen molar-refractivity contribution in [3.63, 3.8) is 0 Å². The molecule has 0 spiro atoms. The lowest BCUT2D eigenvalue weighted by molar-refractivity contribution is -0.137. The van der Waals surface area contributed by atoms with Crippen molar-refractivity contribution >= 4 is 34.4 Å². The van der Waals surface area contributed by atoms with Crippen molar-refractivity contribution in [2.75, 3.05) is 6.61 Å². The molecule has 40 heavy (non-hydrogen) atoms. The van der Waals surface area contributed by atoms with E-state index in [1.54, 1.807) is 16.8 Å². The first kappa shape index (κ1) is 30.6. The maximum atomic E-state index is 12.9. The van der Waals surface area contributed by atoms with E-state index in [0.717, 1.165) is 12.8 Å². The van der Waals surface area contributed by atoms with Gasteiger partial charge in [0, 0.05) is 35.5 Å². The van der Waals surface area contributed by atoms with Crippen molar-refractivity contribution in [1.29, 1.82) is 0 Å². The molecule has 0 aliphatic carbocycles. The number of ketones is 2. The molecule has 8 nitrogen and oxygen atoms in total. The van der Waals surface area contributed by atoms with Crippen LogP contribution in [0.15, 0.2) is 48.7 Å². The zero-order valence-corrected chi connectivity index (χ0v) is 23.2. The number of aryl methyl sites for hydroxylation is 1. The van der Waals surface area contributed by atoms with Gasteiger partial charge in [0.1, 0.15) is 12.4 Å². The van der Waals surface area contributed by atoms with Gasteiger partial charge in [0.05, 0.1) is 12.1 Å². The molecule has 1 heterocycles. The fourth-order valence-corrected chi connectivity index (χ4v) is 4.74. The van der Waals surface area contributed by atoms with Crippen LogP contribution in [0, 0.1) is 0 Å². The Bertz CT molecular complexity index is 1310. The number of rotatable bonds is 19. The molecule has 2 aromatic carbocycles. The molecule has 0 bridgehead atoms. The molecule has 0 saturated heterocycles. The maximum Gasteiger partial charge on any atom is 0.335 e. The number of Topliss-reactive ketones (excluding diaryl/α,β-unsaturated/α-hetero) is 2. The fourth-order valence-electron chi connectivity index (χ4n) is 4.74. The minimum absolute atomic E-state index is 0.0193. The largest absolute Gasteiger partial charge is 0.486 e. The summed E-state index contributed by atoms with van der Waals surface area (Å²) in [6, 6.07) is 12.3. The Kier molecular flexibility index (Phi) is 11.9. The van der Waals surface area contributed by atoms with Crippen molar-refractivity contribution < 1.29 is 34.1 Å². The lowest BCUT2D eigenvalue weighted by Gasteiger charge is -2.08. The Morgan fingerprint density at radius 2 is 1.52 bits per heavy atom. The molecule has 0 atom stereocenters. The van der Waals surface area contributed by atoms with Crippen molar-refractivity contribution in [2.45, 2.75) is 84.1 Å². The third-order valence-electron chi connectivity index (χ3n) is 6.96. The van der Waals surface area contributed by atoms with Crippen molar-refractivity contribution in [3.05, 3.63) is 65.4 Å². The van der Waals surface area contributed by atoms with Crippen molar-refractivity contribution in [3.8, 4) is 5.75 Å². The van der Waals surface area contributed by atoms with E-state index in [2.05, 4.69) is 6.92 Å². The first-order valence-electron chi connectivity index (χ1n) is 14.1. The summed E-state index contributed by atoms with van der Waals surface area (Å²) in [5, 5.41) is 18.7. The molecule has 0 aliphatic heterocycles. The lowest BCUT2D eigenvalue weighted by atomic mass is 10.0. The van der Waals surface area contributed by atoms with Gasteiger partial charge < -0.3 is 19.5 Å². The van der Waals surface area contributed by atoms with Crippen LogP contribution in [0.25, 0.3) is 10.9 Å². The average molecular weight is 550 g/mol. The summed E-state index contributed by atoms with van der Waals surface area (Å²) in [5.41, 5.74) is 2.18. The maximum absolute atomic E-state index is 12.9. The number of aromatic nitrogens is 1. The zero-order valence-electron chi connectivity index (χ0n) is 23.2. The number of unbranched alkanes of at least 4 members (excludes halogenated alkanes) is 6. The highest BCUT2D eigenvalue weighted by Gasteiger charge is 2.18. The molecule has 1 aromatic heterocycles. The van der Waals surface area contributed by atoms with Gasteiger partial charge >= 0.3 is 11.9 Å². The molecule has 214 valence electrons. The van der Waals surface area contributed by atoms with Crippen LogP contribution in [0.5, 0.6) is 5.75 Å². The van der Waals surface area contributed by atoms with E-state index in [0.29, 0.717) is 35.1 Å². The van der Waals surface area contributed by atoms with Crippen molar-refractivity contribution in [2.24, 2.45) is 0 Å². The number of hydrogen-bond donors (Lipinski definition) is 2.